The first kappa shape index (κ1) is 11.5. The molecule has 1 aliphatic rings. The number of benzene rings is 1. The van der Waals surface area contributed by atoms with Crippen molar-refractivity contribution in [3.05, 3.63) is 24.4 Å². The first-order chi connectivity index (χ1) is 8.62. The lowest BCUT2D eigenvalue weighted by Crippen LogP contribution is -2.45. The van der Waals surface area contributed by atoms with Gasteiger partial charge in [-0.3, -0.25) is 5.10 Å². The van der Waals surface area contributed by atoms with Gasteiger partial charge in [-0.1, -0.05) is 0 Å². The Balaban J connectivity index is 1.69. The standard InChI is InChI=1S/C13H17N3O2/c1-13(2)17-7-11(8-18-13)15-10-3-4-12-9(5-10)6-14-16-12/h3-6,11,15H,7-8H2,1-2H3,(H,14,16). The highest BCUT2D eigenvalue weighted by atomic mass is 16.7. The zero-order valence-electron chi connectivity index (χ0n) is 10.6. The summed E-state index contributed by atoms with van der Waals surface area (Å²) in [5.74, 6) is -0.466. The minimum Gasteiger partial charge on any atom is -0.378 e. The molecule has 2 heterocycles. The van der Waals surface area contributed by atoms with E-state index in [0.717, 1.165) is 16.6 Å². The molecule has 0 bridgehead atoms. The van der Waals surface area contributed by atoms with Crippen molar-refractivity contribution < 1.29 is 9.47 Å². The molecule has 0 saturated carbocycles. The largest absolute Gasteiger partial charge is 0.378 e. The fourth-order valence-corrected chi connectivity index (χ4v) is 2.04. The quantitative estimate of drug-likeness (QED) is 0.853. The van der Waals surface area contributed by atoms with E-state index in [2.05, 4.69) is 21.6 Å². The summed E-state index contributed by atoms with van der Waals surface area (Å²) in [4.78, 5) is 0. The summed E-state index contributed by atoms with van der Waals surface area (Å²) in [5, 5.41) is 11.4. The fourth-order valence-electron chi connectivity index (χ4n) is 2.04. The number of nitrogens with zero attached hydrogens (tertiary/aromatic N) is 1. The zero-order valence-corrected chi connectivity index (χ0v) is 10.6. The molecule has 5 heteroatoms. The van der Waals surface area contributed by atoms with Crippen molar-refractivity contribution in [3.63, 3.8) is 0 Å². The number of ether oxygens (including phenoxy) is 2. The van der Waals surface area contributed by atoms with Gasteiger partial charge in [-0.05, 0) is 32.0 Å². The number of hydrogen-bond donors (Lipinski definition) is 2. The molecule has 0 aliphatic carbocycles. The van der Waals surface area contributed by atoms with Gasteiger partial charge in [-0.25, -0.2) is 0 Å². The number of nitrogens with one attached hydrogen (secondary N) is 2. The van der Waals surface area contributed by atoms with Gasteiger partial charge in [0.2, 0.25) is 0 Å². The molecular formula is C13H17N3O2. The van der Waals surface area contributed by atoms with Crippen LogP contribution >= 0.6 is 0 Å². The van der Waals surface area contributed by atoms with Gasteiger partial charge in [0, 0.05) is 11.1 Å². The Morgan fingerprint density at radius 3 is 2.89 bits per heavy atom. The molecule has 0 radical (unpaired) electrons. The molecule has 1 aliphatic heterocycles. The molecule has 0 amide bonds. The van der Waals surface area contributed by atoms with Crippen molar-refractivity contribution in [2.24, 2.45) is 0 Å². The van der Waals surface area contributed by atoms with Crippen LogP contribution in [0.25, 0.3) is 10.9 Å². The van der Waals surface area contributed by atoms with Crippen molar-refractivity contribution in [3.8, 4) is 0 Å². The molecule has 1 fully saturated rings. The highest BCUT2D eigenvalue weighted by Gasteiger charge is 2.28. The molecule has 1 aromatic heterocycles. The van der Waals surface area contributed by atoms with Gasteiger partial charge >= 0.3 is 0 Å². The van der Waals surface area contributed by atoms with Crippen molar-refractivity contribution in [1.29, 1.82) is 0 Å². The van der Waals surface area contributed by atoms with Crippen LogP contribution in [0, 0.1) is 0 Å². The van der Waals surface area contributed by atoms with E-state index < -0.39 is 5.79 Å². The van der Waals surface area contributed by atoms with Gasteiger partial charge < -0.3 is 14.8 Å². The molecule has 0 atom stereocenters. The van der Waals surface area contributed by atoms with Crippen molar-refractivity contribution in [2.45, 2.75) is 25.7 Å². The van der Waals surface area contributed by atoms with Gasteiger partial charge in [-0.2, -0.15) is 5.10 Å². The molecule has 0 spiro atoms. The molecule has 2 N–H and O–H groups in total. The van der Waals surface area contributed by atoms with Gasteiger partial charge in [-0.15, -0.1) is 0 Å². The predicted molar refractivity (Wildman–Crippen MR) is 69.5 cm³/mol. The Bertz CT molecular complexity index is 540. The summed E-state index contributed by atoms with van der Waals surface area (Å²) in [7, 11) is 0. The molecule has 5 nitrogen and oxygen atoms in total. The minimum absolute atomic E-state index is 0.183. The third-order valence-corrected chi connectivity index (χ3v) is 3.08. The van der Waals surface area contributed by atoms with Crippen molar-refractivity contribution in [2.75, 3.05) is 18.5 Å². The average Bonchev–Trinajstić information content (AvgIpc) is 2.79. The monoisotopic (exact) mass is 247 g/mol. The molecule has 96 valence electrons. The number of aromatic amines is 1. The minimum atomic E-state index is -0.466. The fraction of sp³-hybridized carbons (Fsp3) is 0.462. The maximum atomic E-state index is 5.62. The summed E-state index contributed by atoms with van der Waals surface area (Å²) in [6.07, 6.45) is 1.82. The van der Waals surface area contributed by atoms with Crippen LogP contribution in [0.3, 0.4) is 0 Å². The van der Waals surface area contributed by atoms with E-state index in [1.807, 2.05) is 32.2 Å². The van der Waals surface area contributed by atoms with Crippen LogP contribution in [0.1, 0.15) is 13.8 Å². The van der Waals surface area contributed by atoms with E-state index in [4.69, 9.17) is 9.47 Å². The van der Waals surface area contributed by atoms with Crippen LogP contribution < -0.4 is 5.32 Å². The number of rotatable bonds is 2. The summed E-state index contributed by atoms with van der Waals surface area (Å²) in [6, 6.07) is 6.29. The van der Waals surface area contributed by atoms with Gasteiger partial charge in [0.15, 0.2) is 5.79 Å². The van der Waals surface area contributed by atoms with Crippen LogP contribution in [-0.2, 0) is 9.47 Å². The second-order valence-corrected chi connectivity index (χ2v) is 5.04. The van der Waals surface area contributed by atoms with Crippen molar-refractivity contribution >= 4 is 16.6 Å². The Morgan fingerprint density at radius 2 is 2.11 bits per heavy atom. The van der Waals surface area contributed by atoms with Crippen LogP contribution in [0.5, 0.6) is 0 Å². The van der Waals surface area contributed by atoms with Crippen molar-refractivity contribution in [1.82, 2.24) is 10.2 Å². The van der Waals surface area contributed by atoms with Gasteiger partial charge in [0.1, 0.15) is 0 Å². The third-order valence-electron chi connectivity index (χ3n) is 3.08. The van der Waals surface area contributed by atoms with Crippen LogP contribution in [0.2, 0.25) is 0 Å². The topological polar surface area (TPSA) is 59.2 Å². The van der Waals surface area contributed by atoms with E-state index in [1.165, 1.54) is 0 Å². The Morgan fingerprint density at radius 1 is 1.33 bits per heavy atom. The highest BCUT2D eigenvalue weighted by Crippen LogP contribution is 2.21. The molecule has 1 aromatic carbocycles. The van der Waals surface area contributed by atoms with Crippen LogP contribution in [0.4, 0.5) is 5.69 Å². The summed E-state index contributed by atoms with van der Waals surface area (Å²) in [5.41, 5.74) is 2.10. The molecular weight excluding hydrogens is 230 g/mol. The summed E-state index contributed by atoms with van der Waals surface area (Å²) in [6.45, 7) is 5.16. The lowest BCUT2D eigenvalue weighted by molar-refractivity contribution is -0.247. The first-order valence-electron chi connectivity index (χ1n) is 6.10. The zero-order chi connectivity index (χ0) is 12.6. The van der Waals surface area contributed by atoms with Gasteiger partial charge in [0.25, 0.3) is 0 Å². The maximum Gasteiger partial charge on any atom is 0.162 e. The van der Waals surface area contributed by atoms with Crippen LogP contribution in [0.15, 0.2) is 24.4 Å². The molecule has 1 saturated heterocycles. The second-order valence-electron chi connectivity index (χ2n) is 5.04. The average molecular weight is 247 g/mol. The number of hydrogen-bond acceptors (Lipinski definition) is 4. The smallest absolute Gasteiger partial charge is 0.162 e. The summed E-state index contributed by atoms with van der Waals surface area (Å²) >= 11 is 0. The van der Waals surface area contributed by atoms with E-state index in [9.17, 15) is 0 Å². The number of aromatic nitrogens is 2. The van der Waals surface area contributed by atoms with E-state index in [0.29, 0.717) is 13.2 Å². The van der Waals surface area contributed by atoms with E-state index >= 15 is 0 Å². The highest BCUT2D eigenvalue weighted by molar-refractivity contribution is 5.81. The Kier molecular flexibility index (Phi) is 2.72. The number of fused-ring (bicyclic) bond motifs is 1. The third kappa shape index (κ3) is 2.32. The Labute approximate surface area is 105 Å². The molecule has 0 unspecified atom stereocenters. The first-order valence-corrected chi connectivity index (χ1v) is 6.10. The second kappa shape index (κ2) is 4.26. The van der Waals surface area contributed by atoms with Gasteiger partial charge in [0.05, 0.1) is 31.0 Å². The normalized spacial score (nSPS) is 20.1. The SMILES string of the molecule is CC1(C)OCC(Nc2ccc3[nH]ncc3c2)CO1. The predicted octanol–water partition coefficient (Wildman–Crippen LogP) is 2.13. The number of H-pyrrole nitrogens is 1. The Hall–Kier alpha value is -1.59. The molecule has 18 heavy (non-hydrogen) atoms. The maximum absolute atomic E-state index is 5.62. The summed E-state index contributed by atoms with van der Waals surface area (Å²) < 4.78 is 11.2. The number of anilines is 1. The molecule has 3 rings (SSSR count). The lowest BCUT2D eigenvalue weighted by Gasteiger charge is -2.35. The van der Waals surface area contributed by atoms with E-state index in [-0.39, 0.29) is 6.04 Å². The lowest BCUT2D eigenvalue weighted by atomic mass is 10.2. The van der Waals surface area contributed by atoms with Crippen LogP contribution in [-0.4, -0.2) is 35.2 Å². The van der Waals surface area contributed by atoms with E-state index in [1.54, 1.807) is 0 Å². The molecule has 2 aromatic rings.